The fourth-order valence-electron chi connectivity index (χ4n) is 3.17. The molecule has 2 N–H and O–H groups in total. The van der Waals surface area contributed by atoms with Crippen molar-refractivity contribution in [3.05, 3.63) is 29.3 Å². The maximum Gasteiger partial charge on any atom is 0.319 e. The highest BCUT2D eigenvalue weighted by Crippen LogP contribution is 2.23. The minimum absolute atomic E-state index is 0.00809. The number of hydrogen-bond donors (Lipinski definition) is 2. The summed E-state index contributed by atoms with van der Waals surface area (Å²) in [5, 5.41) is 5.75. The van der Waals surface area contributed by atoms with E-state index in [1.165, 1.54) is 0 Å². The van der Waals surface area contributed by atoms with Crippen molar-refractivity contribution >= 4 is 17.6 Å². The number of ether oxygens (including phenoxy) is 1. The third-order valence-electron chi connectivity index (χ3n) is 4.81. The minimum atomic E-state index is -0.278. The molecule has 150 valence electrons. The first kappa shape index (κ1) is 21.2. The molecule has 1 aromatic rings. The average molecular weight is 377 g/mol. The molecule has 2 rings (SSSR count). The standard InChI is InChI=1S/C20H32N4O3/c1-16-8-6-9-17(19(25)24-12-4-5-13-24)18(16)22-20(26)21-10-7-11-23(2)14-15-27-3/h6,8-9H,4-5,7,10-15H2,1-3H3,(H2,21,22,26). The summed E-state index contributed by atoms with van der Waals surface area (Å²) in [5.41, 5.74) is 2.05. The number of nitrogens with zero attached hydrogens (tertiary/aromatic N) is 2. The van der Waals surface area contributed by atoms with Crippen molar-refractivity contribution in [2.24, 2.45) is 0 Å². The third kappa shape index (κ3) is 6.52. The SMILES string of the molecule is COCCN(C)CCCNC(=O)Nc1c(C)cccc1C(=O)N1CCCC1. The lowest BCUT2D eigenvalue weighted by Crippen LogP contribution is -2.34. The van der Waals surface area contributed by atoms with Crippen LogP contribution in [-0.2, 0) is 4.74 Å². The molecule has 1 aliphatic rings. The molecular formula is C20H32N4O3. The summed E-state index contributed by atoms with van der Waals surface area (Å²) in [6.45, 7) is 6.50. The van der Waals surface area contributed by atoms with E-state index in [2.05, 4.69) is 15.5 Å². The van der Waals surface area contributed by atoms with Crippen LogP contribution in [0.1, 0.15) is 35.2 Å². The summed E-state index contributed by atoms with van der Waals surface area (Å²) < 4.78 is 5.05. The minimum Gasteiger partial charge on any atom is -0.383 e. The fourth-order valence-corrected chi connectivity index (χ4v) is 3.17. The van der Waals surface area contributed by atoms with E-state index in [9.17, 15) is 9.59 Å². The van der Waals surface area contributed by atoms with Crippen LogP contribution in [0.5, 0.6) is 0 Å². The number of likely N-dealkylation sites (N-methyl/N-ethyl adjacent to an activating group) is 1. The molecule has 7 nitrogen and oxygen atoms in total. The maximum atomic E-state index is 12.8. The Balaban J connectivity index is 1.87. The van der Waals surface area contributed by atoms with Gasteiger partial charge in [0.1, 0.15) is 0 Å². The fraction of sp³-hybridized carbons (Fsp3) is 0.600. The molecule has 7 heteroatoms. The zero-order valence-electron chi connectivity index (χ0n) is 16.7. The second-order valence-electron chi connectivity index (χ2n) is 7.03. The van der Waals surface area contributed by atoms with Crippen molar-refractivity contribution < 1.29 is 14.3 Å². The van der Waals surface area contributed by atoms with Gasteiger partial charge in [-0.15, -0.1) is 0 Å². The molecule has 1 fully saturated rings. The van der Waals surface area contributed by atoms with Crippen molar-refractivity contribution in [3.63, 3.8) is 0 Å². The number of carbonyl (C=O) groups excluding carboxylic acids is 2. The van der Waals surface area contributed by atoms with Gasteiger partial charge < -0.3 is 25.2 Å². The number of nitrogens with one attached hydrogen (secondary N) is 2. The van der Waals surface area contributed by atoms with Crippen LogP contribution in [0.15, 0.2) is 18.2 Å². The van der Waals surface area contributed by atoms with Crippen molar-refractivity contribution in [1.82, 2.24) is 15.1 Å². The predicted molar refractivity (Wildman–Crippen MR) is 107 cm³/mol. The lowest BCUT2D eigenvalue weighted by Gasteiger charge is -2.19. The van der Waals surface area contributed by atoms with Gasteiger partial charge >= 0.3 is 6.03 Å². The van der Waals surface area contributed by atoms with E-state index in [1.54, 1.807) is 13.2 Å². The highest BCUT2D eigenvalue weighted by Gasteiger charge is 2.23. The van der Waals surface area contributed by atoms with E-state index >= 15 is 0 Å². The molecule has 0 aromatic heterocycles. The van der Waals surface area contributed by atoms with Gasteiger partial charge in [-0.2, -0.15) is 0 Å². The number of para-hydroxylation sites is 1. The number of amides is 3. The first-order chi connectivity index (χ1) is 13.0. The van der Waals surface area contributed by atoms with Gasteiger partial charge in [0.2, 0.25) is 0 Å². The number of methoxy groups -OCH3 is 1. The quantitative estimate of drug-likeness (QED) is 0.649. The maximum absolute atomic E-state index is 12.8. The molecule has 0 aliphatic carbocycles. The second-order valence-corrected chi connectivity index (χ2v) is 7.03. The third-order valence-corrected chi connectivity index (χ3v) is 4.81. The van der Waals surface area contributed by atoms with Crippen LogP contribution >= 0.6 is 0 Å². The van der Waals surface area contributed by atoms with Gasteiger partial charge in [-0.05, 0) is 51.4 Å². The topological polar surface area (TPSA) is 73.9 Å². The van der Waals surface area contributed by atoms with Gasteiger partial charge in [-0.25, -0.2) is 4.79 Å². The van der Waals surface area contributed by atoms with Crippen molar-refractivity contribution in [2.75, 3.05) is 58.8 Å². The Hall–Kier alpha value is -2.12. The first-order valence-corrected chi connectivity index (χ1v) is 9.64. The monoisotopic (exact) mass is 376 g/mol. The number of anilines is 1. The van der Waals surface area contributed by atoms with Gasteiger partial charge in [0.25, 0.3) is 5.91 Å². The summed E-state index contributed by atoms with van der Waals surface area (Å²) >= 11 is 0. The molecule has 0 unspecified atom stereocenters. The summed E-state index contributed by atoms with van der Waals surface area (Å²) in [6.07, 6.45) is 2.93. The lowest BCUT2D eigenvalue weighted by atomic mass is 10.1. The molecule has 0 radical (unpaired) electrons. The van der Waals surface area contributed by atoms with Crippen molar-refractivity contribution in [2.45, 2.75) is 26.2 Å². The molecule has 0 atom stereocenters. The summed E-state index contributed by atoms with van der Waals surface area (Å²) in [6, 6.07) is 5.27. The molecule has 1 aliphatic heterocycles. The summed E-state index contributed by atoms with van der Waals surface area (Å²) in [4.78, 5) is 29.1. The van der Waals surface area contributed by atoms with Gasteiger partial charge in [0, 0.05) is 33.3 Å². The Labute approximate surface area is 162 Å². The Morgan fingerprint density at radius 1 is 1.22 bits per heavy atom. The van der Waals surface area contributed by atoms with E-state index in [-0.39, 0.29) is 11.9 Å². The van der Waals surface area contributed by atoms with E-state index in [0.29, 0.717) is 24.4 Å². The molecular weight excluding hydrogens is 344 g/mol. The van der Waals surface area contributed by atoms with E-state index < -0.39 is 0 Å². The predicted octanol–water partition coefficient (Wildman–Crippen LogP) is 2.32. The molecule has 1 aromatic carbocycles. The number of carbonyl (C=O) groups is 2. The van der Waals surface area contributed by atoms with Crippen LogP contribution in [-0.4, -0.2) is 75.2 Å². The zero-order chi connectivity index (χ0) is 19.6. The van der Waals surface area contributed by atoms with Crippen LogP contribution in [0.3, 0.4) is 0 Å². The highest BCUT2D eigenvalue weighted by atomic mass is 16.5. The smallest absolute Gasteiger partial charge is 0.319 e. The Bertz CT molecular complexity index is 630. The molecule has 0 bridgehead atoms. The zero-order valence-corrected chi connectivity index (χ0v) is 16.7. The van der Waals surface area contributed by atoms with Crippen molar-refractivity contribution in [1.29, 1.82) is 0 Å². The Morgan fingerprint density at radius 3 is 2.67 bits per heavy atom. The Kier molecular flexibility index (Phi) is 8.54. The average Bonchev–Trinajstić information content (AvgIpc) is 3.19. The number of likely N-dealkylation sites (tertiary alicyclic amines) is 1. The normalized spacial score (nSPS) is 13.9. The van der Waals surface area contributed by atoms with Gasteiger partial charge in [-0.3, -0.25) is 4.79 Å². The molecule has 0 saturated carbocycles. The summed E-state index contributed by atoms with van der Waals surface area (Å²) in [7, 11) is 3.72. The van der Waals surface area contributed by atoms with E-state index in [1.807, 2.05) is 31.0 Å². The highest BCUT2D eigenvalue weighted by molar-refractivity contribution is 6.04. The van der Waals surface area contributed by atoms with Gasteiger partial charge in [-0.1, -0.05) is 12.1 Å². The lowest BCUT2D eigenvalue weighted by molar-refractivity contribution is 0.0793. The number of benzene rings is 1. The van der Waals surface area contributed by atoms with Crippen LogP contribution in [0.25, 0.3) is 0 Å². The Morgan fingerprint density at radius 2 is 1.96 bits per heavy atom. The van der Waals surface area contributed by atoms with Gasteiger partial charge in [0.15, 0.2) is 0 Å². The molecule has 1 saturated heterocycles. The van der Waals surface area contributed by atoms with Crippen molar-refractivity contribution in [3.8, 4) is 0 Å². The van der Waals surface area contributed by atoms with E-state index in [4.69, 9.17) is 4.74 Å². The first-order valence-electron chi connectivity index (χ1n) is 9.64. The van der Waals surface area contributed by atoms with Gasteiger partial charge in [0.05, 0.1) is 17.9 Å². The number of aryl methyl sites for hydroxylation is 1. The number of hydrogen-bond acceptors (Lipinski definition) is 4. The van der Waals surface area contributed by atoms with Crippen LogP contribution < -0.4 is 10.6 Å². The molecule has 27 heavy (non-hydrogen) atoms. The van der Waals surface area contributed by atoms with Crippen LogP contribution in [0, 0.1) is 6.92 Å². The second kappa shape index (κ2) is 10.9. The largest absolute Gasteiger partial charge is 0.383 e. The van der Waals surface area contributed by atoms with Crippen LogP contribution in [0.2, 0.25) is 0 Å². The molecule has 3 amide bonds. The van der Waals surface area contributed by atoms with Crippen LogP contribution in [0.4, 0.5) is 10.5 Å². The van der Waals surface area contributed by atoms with E-state index in [0.717, 1.165) is 51.0 Å². The molecule has 1 heterocycles. The molecule has 0 spiro atoms. The number of rotatable bonds is 9. The number of urea groups is 1. The summed E-state index contributed by atoms with van der Waals surface area (Å²) in [5.74, 6) is -0.00809.